The zero-order chi connectivity index (χ0) is 19.6. The summed E-state index contributed by atoms with van der Waals surface area (Å²) in [7, 11) is -2.10. The van der Waals surface area contributed by atoms with Crippen molar-refractivity contribution in [3.8, 4) is 5.75 Å². The average Bonchev–Trinajstić information content (AvgIpc) is 3.02. The van der Waals surface area contributed by atoms with E-state index < -0.39 is 21.7 Å². The third-order valence-electron chi connectivity index (χ3n) is 3.92. The van der Waals surface area contributed by atoms with Crippen molar-refractivity contribution in [2.24, 2.45) is 5.92 Å². The van der Waals surface area contributed by atoms with E-state index in [4.69, 9.17) is 16.3 Å². The maximum Gasteiger partial charge on any atom is 0.230 e. The molecule has 0 aliphatic carbocycles. The topological polar surface area (TPSA) is 85.4 Å². The Labute approximate surface area is 166 Å². The molecule has 0 bridgehead atoms. The maximum atomic E-state index is 12.5. The number of hydrogen-bond acceptors (Lipinski definition) is 6. The number of amides is 1. The number of nitrogens with one attached hydrogen (secondary N) is 1. The molecular weight excluding hydrogens is 408 g/mol. The Balaban J connectivity index is 1.70. The van der Waals surface area contributed by atoms with E-state index >= 15 is 0 Å². The maximum absolute atomic E-state index is 12.5. The van der Waals surface area contributed by atoms with Gasteiger partial charge in [-0.1, -0.05) is 29.9 Å². The lowest BCUT2D eigenvalue weighted by atomic mass is 10.2. The highest BCUT2D eigenvalue weighted by atomic mass is 35.5. The van der Waals surface area contributed by atoms with Gasteiger partial charge in [-0.2, -0.15) is 0 Å². The molecule has 0 aliphatic heterocycles. The first-order valence-electron chi connectivity index (χ1n) is 8.02. The van der Waals surface area contributed by atoms with Gasteiger partial charge in [-0.25, -0.2) is 13.4 Å². The molecule has 0 fully saturated rings. The summed E-state index contributed by atoms with van der Waals surface area (Å²) in [6.45, 7) is 1.57. The molecule has 0 spiro atoms. The van der Waals surface area contributed by atoms with Gasteiger partial charge >= 0.3 is 0 Å². The van der Waals surface area contributed by atoms with Crippen LogP contribution in [-0.2, 0) is 14.6 Å². The Kier molecular flexibility index (Phi) is 5.69. The van der Waals surface area contributed by atoms with E-state index in [0.29, 0.717) is 15.9 Å². The van der Waals surface area contributed by atoms with Crippen LogP contribution < -0.4 is 10.1 Å². The molecule has 1 atom stereocenters. The lowest BCUT2D eigenvalue weighted by Crippen LogP contribution is -2.27. The molecule has 2 aromatic carbocycles. The number of ether oxygens (including phenoxy) is 1. The fourth-order valence-corrected chi connectivity index (χ4v) is 5.16. The molecule has 0 saturated carbocycles. The SMILES string of the molecule is COc1ccc(S(=O)(=O)CC(C)C(=O)Nc2nc3ccc(Cl)cc3s2)cc1. The number of carbonyl (C=O) groups excluding carboxylic acids is 1. The van der Waals surface area contributed by atoms with Crippen LogP contribution in [0.2, 0.25) is 5.02 Å². The largest absolute Gasteiger partial charge is 0.497 e. The summed E-state index contributed by atoms with van der Waals surface area (Å²) in [5, 5.41) is 3.68. The Morgan fingerprint density at radius 1 is 1.26 bits per heavy atom. The number of rotatable bonds is 6. The minimum Gasteiger partial charge on any atom is -0.497 e. The van der Waals surface area contributed by atoms with Gasteiger partial charge in [0, 0.05) is 10.9 Å². The van der Waals surface area contributed by atoms with E-state index in [9.17, 15) is 13.2 Å². The first-order chi connectivity index (χ1) is 12.8. The zero-order valence-corrected chi connectivity index (χ0v) is 17.0. The number of anilines is 1. The molecule has 3 rings (SSSR count). The zero-order valence-electron chi connectivity index (χ0n) is 14.6. The van der Waals surface area contributed by atoms with E-state index in [2.05, 4.69) is 10.3 Å². The van der Waals surface area contributed by atoms with Crippen LogP contribution in [0.4, 0.5) is 5.13 Å². The molecule has 1 aromatic heterocycles. The molecule has 0 saturated heterocycles. The van der Waals surface area contributed by atoms with Crippen molar-refractivity contribution in [2.75, 3.05) is 18.2 Å². The minimum absolute atomic E-state index is 0.151. The Morgan fingerprint density at radius 3 is 2.63 bits per heavy atom. The first-order valence-corrected chi connectivity index (χ1v) is 10.9. The van der Waals surface area contributed by atoms with Crippen molar-refractivity contribution in [1.82, 2.24) is 4.98 Å². The standard InChI is InChI=1S/C18H17ClN2O4S2/c1-11(10-27(23,24)14-6-4-13(25-2)5-7-14)17(22)21-18-20-15-8-3-12(19)9-16(15)26-18/h3-9,11H,10H2,1-2H3,(H,20,21,22). The molecule has 0 radical (unpaired) electrons. The molecule has 9 heteroatoms. The van der Waals surface area contributed by atoms with Crippen molar-refractivity contribution >= 4 is 54.0 Å². The fourth-order valence-electron chi connectivity index (χ4n) is 2.46. The molecule has 1 unspecified atom stereocenters. The quantitative estimate of drug-likeness (QED) is 0.646. The van der Waals surface area contributed by atoms with E-state index in [1.165, 1.54) is 30.6 Å². The van der Waals surface area contributed by atoms with Gasteiger partial charge in [-0.3, -0.25) is 4.79 Å². The molecule has 0 aliphatic rings. The predicted octanol–water partition coefficient (Wildman–Crippen LogP) is 4.01. The van der Waals surface area contributed by atoms with Crippen molar-refractivity contribution in [2.45, 2.75) is 11.8 Å². The highest BCUT2D eigenvalue weighted by molar-refractivity contribution is 7.91. The Hall–Kier alpha value is -2.16. The summed E-state index contributed by atoms with van der Waals surface area (Å²) < 4.78 is 30.9. The number of methoxy groups -OCH3 is 1. The van der Waals surface area contributed by atoms with Gasteiger partial charge < -0.3 is 10.1 Å². The van der Waals surface area contributed by atoms with Gasteiger partial charge in [0.2, 0.25) is 5.91 Å². The summed E-state index contributed by atoms with van der Waals surface area (Å²) >= 11 is 7.24. The molecule has 1 heterocycles. The molecule has 27 heavy (non-hydrogen) atoms. The fraction of sp³-hybridized carbons (Fsp3) is 0.222. The van der Waals surface area contributed by atoms with Gasteiger partial charge in [0.05, 0.1) is 28.0 Å². The van der Waals surface area contributed by atoms with Gasteiger partial charge in [0.25, 0.3) is 0 Å². The highest BCUT2D eigenvalue weighted by Gasteiger charge is 2.24. The van der Waals surface area contributed by atoms with Crippen LogP contribution in [-0.4, -0.2) is 32.2 Å². The number of fused-ring (bicyclic) bond motifs is 1. The molecular formula is C18H17ClN2O4S2. The number of carbonyl (C=O) groups is 1. The molecule has 1 amide bonds. The summed E-state index contributed by atoms with van der Waals surface area (Å²) in [6, 6.07) is 11.3. The smallest absolute Gasteiger partial charge is 0.230 e. The average molecular weight is 425 g/mol. The summed E-state index contributed by atoms with van der Waals surface area (Å²) in [5.74, 6) is -0.886. The third-order valence-corrected chi connectivity index (χ3v) is 7.01. The predicted molar refractivity (Wildman–Crippen MR) is 107 cm³/mol. The van der Waals surface area contributed by atoms with Crippen molar-refractivity contribution < 1.29 is 17.9 Å². The second-order valence-corrected chi connectivity index (χ2v) is 9.48. The van der Waals surface area contributed by atoms with Crippen LogP contribution in [0.25, 0.3) is 10.2 Å². The number of thiazole rings is 1. The van der Waals surface area contributed by atoms with Crippen molar-refractivity contribution in [3.05, 3.63) is 47.5 Å². The minimum atomic E-state index is -3.60. The van der Waals surface area contributed by atoms with Crippen molar-refractivity contribution in [3.63, 3.8) is 0 Å². The van der Waals surface area contributed by atoms with E-state index in [-0.39, 0.29) is 10.6 Å². The van der Waals surface area contributed by atoms with E-state index in [0.717, 1.165) is 10.2 Å². The van der Waals surface area contributed by atoms with Gasteiger partial charge in [0.1, 0.15) is 5.75 Å². The lowest BCUT2D eigenvalue weighted by Gasteiger charge is -2.11. The summed E-state index contributed by atoms with van der Waals surface area (Å²) in [5.41, 5.74) is 0.721. The second-order valence-electron chi connectivity index (χ2n) is 5.98. The monoisotopic (exact) mass is 424 g/mol. The number of halogens is 1. The van der Waals surface area contributed by atoms with Gasteiger partial charge in [0.15, 0.2) is 15.0 Å². The molecule has 3 aromatic rings. The first kappa shape index (κ1) is 19.6. The van der Waals surface area contributed by atoms with Crippen LogP contribution in [0, 0.1) is 5.92 Å². The molecule has 6 nitrogen and oxygen atoms in total. The molecule has 1 N–H and O–H groups in total. The summed E-state index contributed by atoms with van der Waals surface area (Å²) in [6.07, 6.45) is 0. The van der Waals surface area contributed by atoms with E-state index in [1.807, 2.05) is 0 Å². The lowest BCUT2D eigenvalue weighted by molar-refractivity contribution is -0.118. The van der Waals surface area contributed by atoms with Crippen molar-refractivity contribution in [1.29, 1.82) is 0 Å². The number of nitrogens with zero attached hydrogens (tertiary/aromatic N) is 1. The van der Waals surface area contributed by atoms with Crippen LogP contribution in [0.3, 0.4) is 0 Å². The van der Waals surface area contributed by atoms with Crippen LogP contribution >= 0.6 is 22.9 Å². The Morgan fingerprint density at radius 2 is 1.96 bits per heavy atom. The van der Waals surface area contributed by atoms with Gasteiger partial charge in [-0.05, 0) is 42.5 Å². The van der Waals surface area contributed by atoms with Crippen LogP contribution in [0.1, 0.15) is 6.92 Å². The number of hydrogen-bond donors (Lipinski definition) is 1. The normalized spacial score (nSPS) is 12.7. The van der Waals surface area contributed by atoms with Crippen LogP contribution in [0.5, 0.6) is 5.75 Å². The highest BCUT2D eigenvalue weighted by Crippen LogP contribution is 2.28. The second kappa shape index (κ2) is 7.84. The number of benzene rings is 2. The Bertz CT molecular complexity index is 1080. The van der Waals surface area contributed by atoms with Gasteiger partial charge in [-0.15, -0.1) is 0 Å². The third kappa shape index (κ3) is 4.58. The number of aromatic nitrogens is 1. The number of sulfone groups is 1. The molecule has 142 valence electrons. The van der Waals surface area contributed by atoms with E-state index in [1.54, 1.807) is 37.3 Å². The van der Waals surface area contributed by atoms with Crippen LogP contribution in [0.15, 0.2) is 47.4 Å². The summed E-state index contributed by atoms with van der Waals surface area (Å²) in [4.78, 5) is 16.9.